The third-order valence-corrected chi connectivity index (χ3v) is 4.54. The predicted octanol–water partition coefficient (Wildman–Crippen LogP) is 3.36. The van der Waals surface area contributed by atoms with Crippen molar-refractivity contribution in [3.63, 3.8) is 0 Å². The van der Waals surface area contributed by atoms with E-state index in [4.69, 9.17) is 13.9 Å². The van der Waals surface area contributed by atoms with E-state index in [0.717, 1.165) is 16.5 Å². The molecule has 0 radical (unpaired) electrons. The van der Waals surface area contributed by atoms with Gasteiger partial charge in [-0.1, -0.05) is 6.07 Å². The SMILES string of the molecule is COc1cccc(OC)c1C(=O)NCc1cc(=O)oc2cc(C)c(C)cc12. The summed E-state index contributed by atoms with van der Waals surface area (Å²) in [7, 11) is 2.99. The molecule has 3 aromatic rings. The Labute approximate surface area is 156 Å². The summed E-state index contributed by atoms with van der Waals surface area (Å²) in [6.07, 6.45) is 0. The number of carbonyl (C=O) groups is 1. The molecule has 0 unspecified atom stereocenters. The molecule has 1 aromatic heterocycles. The van der Waals surface area contributed by atoms with Crippen molar-refractivity contribution in [2.45, 2.75) is 20.4 Å². The lowest BCUT2D eigenvalue weighted by atomic mass is 10.0. The molecular formula is C21H21NO5. The third-order valence-electron chi connectivity index (χ3n) is 4.54. The van der Waals surface area contributed by atoms with E-state index in [2.05, 4.69) is 5.32 Å². The van der Waals surface area contributed by atoms with Crippen molar-refractivity contribution in [1.82, 2.24) is 5.32 Å². The molecule has 1 amide bonds. The van der Waals surface area contributed by atoms with Crippen LogP contribution in [0.4, 0.5) is 0 Å². The highest BCUT2D eigenvalue weighted by Gasteiger charge is 2.18. The molecule has 0 bridgehead atoms. The highest BCUT2D eigenvalue weighted by atomic mass is 16.5. The van der Waals surface area contributed by atoms with Gasteiger partial charge in [0.05, 0.1) is 14.2 Å². The minimum Gasteiger partial charge on any atom is -0.496 e. The Hall–Kier alpha value is -3.28. The minimum atomic E-state index is -0.454. The van der Waals surface area contributed by atoms with Crippen LogP contribution in [0.5, 0.6) is 11.5 Å². The van der Waals surface area contributed by atoms with Crippen molar-refractivity contribution < 1.29 is 18.7 Å². The first-order chi connectivity index (χ1) is 12.9. The molecule has 0 atom stereocenters. The van der Waals surface area contributed by atoms with Gasteiger partial charge in [0.25, 0.3) is 5.91 Å². The minimum absolute atomic E-state index is 0.171. The van der Waals surface area contributed by atoms with Gasteiger partial charge in [0.2, 0.25) is 0 Å². The first-order valence-electron chi connectivity index (χ1n) is 8.47. The van der Waals surface area contributed by atoms with Crippen molar-refractivity contribution in [3.05, 3.63) is 69.1 Å². The van der Waals surface area contributed by atoms with E-state index in [1.165, 1.54) is 20.3 Å². The maximum atomic E-state index is 12.7. The first-order valence-corrected chi connectivity index (χ1v) is 8.47. The molecule has 1 N–H and O–H groups in total. The van der Waals surface area contributed by atoms with Crippen molar-refractivity contribution in [2.75, 3.05) is 14.2 Å². The molecule has 0 saturated heterocycles. The molecule has 1 heterocycles. The van der Waals surface area contributed by atoms with E-state index in [-0.39, 0.29) is 12.5 Å². The van der Waals surface area contributed by atoms with Gasteiger partial charge in [0, 0.05) is 18.0 Å². The zero-order chi connectivity index (χ0) is 19.6. The van der Waals surface area contributed by atoms with Gasteiger partial charge in [-0.25, -0.2) is 4.79 Å². The normalized spacial score (nSPS) is 10.7. The summed E-state index contributed by atoms with van der Waals surface area (Å²) < 4.78 is 15.8. The van der Waals surface area contributed by atoms with E-state index in [1.54, 1.807) is 18.2 Å². The second-order valence-electron chi connectivity index (χ2n) is 6.24. The molecule has 6 nitrogen and oxygen atoms in total. The van der Waals surface area contributed by atoms with Gasteiger partial charge in [-0.3, -0.25) is 4.79 Å². The number of carbonyl (C=O) groups excluding carboxylic acids is 1. The Morgan fingerprint density at radius 2 is 1.67 bits per heavy atom. The zero-order valence-corrected chi connectivity index (χ0v) is 15.7. The molecule has 0 saturated carbocycles. The molecule has 27 heavy (non-hydrogen) atoms. The summed E-state index contributed by atoms with van der Waals surface area (Å²) in [5.41, 5.74) is 3.16. The Balaban J connectivity index is 1.95. The predicted molar refractivity (Wildman–Crippen MR) is 103 cm³/mol. The van der Waals surface area contributed by atoms with Crippen molar-refractivity contribution >= 4 is 16.9 Å². The van der Waals surface area contributed by atoms with Gasteiger partial charge in [0.15, 0.2) is 0 Å². The Bertz CT molecular complexity index is 1050. The van der Waals surface area contributed by atoms with Crippen molar-refractivity contribution in [2.24, 2.45) is 0 Å². The largest absolute Gasteiger partial charge is 0.496 e. The second kappa shape index (κ2) is 7.53. The summed E-state index contributed by atoms with van der Waals surface area (Å²) in [5, 5.41) is 3.63. The number of amides is 1. The van der Waals surface area contributed by atoms with Crippen LogP contribution in [0.2, 0.25) is 0 Å². The van der Waals surface area contributed by atoms with E-state index in [1.807, 2.05) is 26.0 Å². The molecule has 0 aliphatic rings. The molecule has 0 aliphatic carbocycles. The van der Waals surface area contributed by atoms with E-state index in [9.17, 15) is 9.59 Å². The molecule has 0 aliphatic heterocycles. The summed E-state index contributed by atoms with van der Waals surface area (Å²) in [5.74, 6) is 0.473. The quantitative estimate of drug-likeness (QED) is 0.700. The Morgan fingerprint density at radius 3 is 2.30 bits per heavy atom. The number of rotatable bonds is 5. The van der Waals surface area contributed by atoms with Crippen molar-refractivity contribution in [1.29, 1.82) is 0 Å². The number of benzene rings is 2. The number of hydrogen-bond donors (Lipinski definition) is 1. The fourth-order valence-corrected chi connectivity index (χ4v) is 2.97. The topological polar surface area (TPSA) is 77.8 Å². The summed E-state index contributed by atoms with van der Waals surface area (Å²) >= 11 is 0. The monoisotopic (exact) mass is 367 g/mol. The maximum Gasteiger partial charge on any atom is 0.336 e. The Kier molecular flexibility index (Phi) is 5.16. The van der Waals surface area contributed by atoms with Gasteiger partial charge < -0.3 is 19.2 Å². The van der Waals surface area contributed by atoms with Crippen LogP contribution in [0.3, 0.4) is 0 Å². The van der Waals surface area contributed by atoms with Crippen LogP contribution in [0, 0.1) is 13.8 Å². The fourth-order valence-electron chi connectivity index (χ4n) is 2.97. The fraction of sp³-hybridized carbons (Fsp3) is 0.238. The average molecular weight is 367 g/mol. The van der Waals surface area contributed by atoms with Crippen LogP contribution in [-0.2, 0) is 6.54 Å². The summed E-state index contributed by atoms with van der Waals surface area (Å²) in [6.45, 7) is 4.11. The maximum absolute atomic E-state index is 12.7. The second-order valence-corrected chi connectivity index (χ2v) is 6.24. The standard InChI is InChI=1S/C21H21NO5/c1-12-8-15-14(10-19(23)27-18(15)9-13(12)2)11-22-21(24)20-16(25-3)6-5-7-17(20)26-4/h5-10H,11H2,1-4H3,(H,22,24). The highest BCUT2D eigenvalue weighted by molar-refractivity contribution is 5.99. The van der Waals surface area contributed by atoms with Gasteiger partial charge in [-0.05, 0) is 54.8 Å². The van der Waals surface area contributed by atoms with Crippen LogP contribution < -0.4 is 20.4 Å². The van der Waals surface area contributed by atoms with Gasteiger partial charge >= 0.3 is 5.63 Å². The highest BCUT2D eigenvalue weighted by Crippen LogP contribution is 2.28. The number of methoxy groups -OCH3 is 2. The third kappa shape index (κ3) is 3.65. The number of ether oxygens (including phenoxy) is 2. The van der Waals surface area contributed by atoms with Crippen LogP contribution in [-0.4, -0.2) is 20.1 Å². The van der Waals surface area contributed by atoms with E-state index in [0.29, 0.717) is 28.2 Å². The molecule has 2 aromatic carbocycles. The van der Waals surface area contributed by atoms with Gasteiger partial charge in [-0.15, -0.1) is 0 Å². The lowest BCUT2D eigenvalue weighted by Crippen LogP contribution is -2.24. The summed E-state index contributed by atoms with van der Waals surface area (Å²) in [4.78, 5) is 24.6. The smallest absolute Gasteiger partial charge is 0.336 e. The van der Waals surface area contributed by atoms with Crippen LogP contribution >= 0.6 is 0 Å². The van der Waals surface area contributed by atoms with E-state index >= 15 is 0 Å². The first kappa shape index (κ1) is 18.5. The lowest BCUT2D eigenvalue weighted by Gasteiger charge is -2.14. The Morgan fingerprint density at radius 1 is 1.04 bits per heavy atom. The van der Waals surface area contributed by atoms with Gasteiger partial charge in [0.1, 0.15) is 22.6 Å². The average Bonchev–Trinajstić information content (AvgIpc) is 2.66. The zero-order valence-electron chi connectivity index (χ0n) is 15.7. The van der Waals surface area contributed by atoms with Crippen LogP contribution in [0.25, 0.3) is 11.0 Å². The molecule has 0 spiro atoms. The number of nitrogens with one attached hydrogen (secondary N) is 1. The lowest BCUT2D eigenvalue weighted by molar-refractivity contribution is 0.0944. The number of hydrogen-bond acceptors (Lipinski definition) is 5. The van der Waals surface area contributed by atoms with Crippen LogP contribution in [0.15, 0.2) is 45.6 Å². The van der Waals surface area contributed by atoms with Gasteiger partial charge in [-0.2, -0.15) is 0 Å². The molecule has 6 heteroatoms. The molecule has 0 fully saturated rings. The molecule has 3 rings (SSSR count). The number of aryl methyl sites for hydroxylation is 2. The van der Waals surface area contributed by atoms with Crippen molar-refractivity contribution in [3.8, 4) is 11.5 Å². The number of fused-ring (bicyclic) bond motifs is 1. The van der Waals surface area contributed by atoms with Crippen LogP contribution in [0.1, 0.15) is 27.0 Å². The van der Waals surface area contributed by atoms with E-state index < -0.39 is 5.63 Å². The molecule has 140 valence electrons. The molecular weight excluding hydrogens is 346 g/mol. The summed E-state index contributed by atoms with van der Waals surface area (Å²) in [6, 6.07) is 10.3.